The molecule has 1 amide bonds. The van der Waals surface area contributed by atoms with E-state index in [2.05, 4.69) is 21.2 Å². The van der Waals surface area contributed by atoms with Gasteiger partial charge in [-0.25, -0.2) is 9.59 Å². The van der Waals surface area contributed by atoms with Crippen LogP contribution in [0.4, 0.5) is 4.79 Å². The molecule has 138 valence electrons. The Hall–Kier alpha value is -1.89. The Labute approximate surface area is 156 Å². The first kappa shape index (κ1) is 21.2. The number of halogens is 1. The average molecular weight is 414 g/mol. The lowest BCUT2D eigenvalue weighted by atomic mass is 10.1. The van der Waals surface area contributed by atoms with Gasteiger partial charge in [0.15, 0.2) is 12.4 Å². The van der Waals surface area contributed by atoms with Crippen LogP contribution in [0.25, 0.3) is 0 Å². The molecule has 1 aromatic carbocycles. The molecular formula is C18H24BrNO5. The Morgan fingerprint density at radius 3 is 2.16 bits per heavy atom. The summed E-state index contributed by atoms with van der Waals surface area (Å²) in [5.41, 5.74) is -0.232. The van der Waals surface area contributed by atoms with Crippen molar-refractivity contribution in [2.24, 2.45) is 5.92 Å². The molecule has 0 aliphatic carbocycles. The van der Waals surface area contributed by atoms with E-state index >= 15 is 0 Å². The van der Waals surface area contributed by atoms with Crippen LogP contribution in [0.15, 0.2) is 28.7 Å². The summed E-state index contributed by atoms with van der Waals surface area (Å²) in [4.78, 5) is 36.1. The summed E-state index contributed by atoms with van der Waals surface area (Å²) in [6.45, 7) is 8.32. The fourth-order valence-corrected chi connectivity index (χ4v) is 2.14. The molecule has 1 N–H and O–H groups in total. The highest BCUT2D eigenvalue weighted by atomic mass is 79.9. The second-order valence-corrected chi connectivity index (χ2v) is 7.82. The molecule has 1 aromatic rings. The second-order valence-electron chi connectivity index (χ2n) is 6.91. The monoisotopic (exact) mass is 413 g/mol. The highest BCUT2D eigenvalue weighted by Gasteiger charge is 2.28. The van der Waals surface area contributed by atoms with E-state index in [0.29, 0.717) is 5.56 Å². The van der Waals surface area contributed by atoms with Gasteiger partial charge in [-0.2, -0.15) is 0 Å². The second kappa shape index (κ2) is 8.99. The number of hydrogen-bond donors (Lipinski definition) is 1. The van der Waals surface area contributed by atoms with Gasteiger partial charge < -0.3 is 14.8 Å². The lowest BCUT2D eigenvalue weighted by Crippen LogP contribution is -2.47. The molecule has 1 rings (SSSR count). The topological polar surface area (TPSA) is 81.7 Å². The van der Waals surface area contributed by atoms with Gasteiger partial charge in [-0.1, -0.05) is 41.9 Å². The van der Waals surface area contributed by atoms with Crippen molar-refractivity contribution < 1.29 is 23.9 Å². The molecule has 6 nitrogen and oxygen atoms in total. The number of nitrogens with one attached hydrogen (secondary N) is 1. The molecule has 0 unspecified atom stereocenters. The van der Waals surface area contributed by atoms with Gasteiger partial charge in [0.2, 0.25) is 0 Å². The number of rotatable bonds is 6. The van der Waals surface area contributed by atoms with Crippen LogP contribution in [0.3, 0.4) is 0 Å². The molecule has 1 atom stereocenters. The van der Waals surface area contributed by atoms with E-state index in [1.54, 1.807) is 58.9 Å². The van der Waals surface area contributed by atoms with E-state index in [-0.39, 0.29) is 18.3 Å². The van der Waals surface area contributed by atoms with E-state index in [1.807, 2.05) is 0 Å². The lowest BCUT2D eigenvalue weighted by Gasteiger charge is -2.24. The van der Waals surface area contributed by atoms with Crippen molar-refractivity contribution in [3.8, 4) is 0 Å². The van der Waals surface area contributed by atoms with Gasteiger partial charge in [0.1, 0.15) is 11.6 Å². The van der Waals surface area contributed by atoms with Crippen molar-refractivity contribution >= 4 is 33.8 Å². The standard InChI is InChI=1S/C18H24BrNO5/c1-11(2)15(20-17(23)25-18(3,4)5)16(22)24-10-14(21)12-6-8-13(19)9-7-12/h6-9,11,15H,10H2,1-5H3,(H,20,23)/t15-/m0/s1. The maximum absolute atomic E-state index is 12.2. The van der Waals surface area contributed by atoms with Crippen molar-refractivity contribution in [1.29, 1.82) is 0 Å². The third-order valence-electron chi connectivity index (χ3n) is 3.10. The fourth-order valence-electron chi connectivity index (χ4n) is 1.88. The maximum Gasteiger partial charge on any atom is 0.408 e. The molecule has 0 bridgehead atoms. The predicted octanol–water partition coefficient (Wildman–Crippen LogP) is 3.72. The fraction of sp³-hybridized carbons (Fsp3) is 0.500. The van der Waals surface area contributed by atoms with E-state index in [9.17, 15) is 14.4 Å². The number of carbonyl (C=O) groups is 3. The van der Waals surface area contributed by atoms with Gasteiger partial charge in [0.25, 0.3) is 0 Å². The van der Waals surface area contributed by atoms with Crippen molar-refractivity contribution in [2.75, 3.05) is 6.61 Å². The number of amides is 1. The van der Waals surface area contributed by atoms with Crippen LogP contribution in [0.1, 0.15) is 45.0 Å². The van der Waals surface area contributed by atoms with E-state index in [4.69, 9.17) is 9.47 Å². The first-order valence-electron chi connectivity index (χ1n) is 7.94. The predicted molar refractivity (Wildman–Crippen MR) is 97.4 cm³/mol. The first-order chi connectivity index (χ1) is 11.5. The lowest BCUT2D eigenvalue weighted by molar-refractivity contribution is -0.146. The normalized spacial score (nSPS) is 12.4. The molecule has 0 saturated carbocycles. The van der Waals surface area contributed by atoms with Crippen LogP contribution in [-0.4, -0.2) is 36.1 Å². The molecule has 0 radical (unpaired) electrons. The molecule has 0 fully saturated rings. The zero-order chi connectivity index (χ0) is 19.2. The summed E-state index contributed by atoms with van der Waals surface area (Å²) in [5.74, 6) is -1.21. The third-order valence-corrected chi connectivity index (χ3v) is 3.63. The van der Waals surface area contributed by atoms with Crippen molar-refractivity contribution in [3.05, 3.63) is 34.3 Å². The van der Waals surface area contributed by atoms with Crippen LogP contribution in [0.2, 0.25) is 0 Å². The molecule has 0 aromatic heterocycles. The van der Waals surface area contributed by atoms with Gasteiger partial charge >= 0.3 is 12.1 Å². The highest BCUT2D eigenvalue weighted by molar-refractivity contribution is 9.10. The summed E-state index contributed by atoms with van der Waals surface area (Å²) in [6.07, 6.45) is -0.706. The Bertz CT molecular complexity index is 619. The summed E-state index contributed by atoms with van der Waals surface area (Å²) >= 11 is 3.29. The van der Waals surface area contributed by atoms with Gasteiger partial charge in [-0.05, 0) is 38.8 Å². The zero-order valence-corrected chi connectivity index (χ0v) is 16.7. The zero-order valence-electron chi connectivity index (χ0n) is 15.1. The minimum Gasteiger partial charge on any atom is -0.456 e. The molecule has 0 spiro atoms. The van der Waals surface area contributed by atoms with E-state index in [0.717, 1.165) is 4.47 Å². The molecule has 7 heteroatoms. The number of Topliss-reactive ketones (excluding diaryl/α,β-unsaturated/α-hetero) is 1. The minimum absolute atomic E-state index is 0.220. The number of ketones is 1. The summed E-state index contributed by atoms with van der Waals surface area (Å²) in [5, 5.41) is 2.49. The smallest absolute Gasteiger partial charge is 0.408 e. The summed E-state index contributed by atoms with van der Waals surface area (Å²) in [7, 11) is 0. The number of carbonyl (C=O) groups excluding carboxylic acids is 3. The summed E-state index contributed by atoms with van der Waals surface area (Å²) < 4.78 is 11.1. The number of alkyl carbamates (subject to hydrolysis) is 1. The molecular weight excluding hydrogens is 390 g/mol. The first-order valence-corrected chi connectivity index (χ1v) is 8.74. The number of benzene rings is 1. The highest BCUT2D eigenvalue weighted by Crippen LogP contribution is 2.12. The SMILES string of the molecule is CC(C)[C@H](NC(=O)OC(C)(C)C)C(=O)OCC(=O)c1ccc(Br)cc1. The molecule has 25 heavy (non-hydrogen) atoms. The molecule has 0 saturated heterocycles. The molecule has 0 aliphatic rings. The Balaban J connectivity index is 2.63. The largest absolute Gasteiger partial charge is 0.456 e. The quantitative estimate of drug-likeness (QED) is 0.567. The Morgan fingerprint density at radius 2 is 1.68 bits per heavy atom. The van der Waals surface area contributed by atoms with Gasteiger partial charge in [-0.3, -0.25) is 4.79 Å². The number of esters is 1. The van der Waals surface area contributed by atoms with Crippen molar-refractivity contribution in [1.82, 2.24) is 5.32 Å². The van der Waals surface area contributed by atoms with Crippen LogP contribution < -0.4 is 5.32 Å². The Morgan fingerprint density at radius 1 is 1.12 bits per heavy atom. The van der Waals surface area contributed by atoms with E-state index in [1.165, 1.54) is 0 Å². The number of hydrogen-bond acceptors (Lipinski definition) is 5. The van der Waals surface area contributed by atoms with Crippen molar-refractivity contribution in [2.45, 2.75) is 46.3 Å². The van der Waals surface area contributed by atoms with Gasteiger partial charge in [0.05, 0.1) is 0 Å². The van der Waals surface area contributed by atoms with E-state index < -0.39 is 23.7 Å². The van der Waals surface area contributed by atoms with Crippen LogP contribution in [-0.2, 0) is 14.3 Å². The van der Waals surface area contributed by atoms with Gasteiger partial charge in [0, 0.05) is 10.0 Å². The minimum atomic E-state index is -0.896. The van der Waals surface area contributed by atoms with Crippen LogP contribution in [0.5, 0.6) is 0 Å². The maximum atomic E-state index is 12.2. The Kier molecular flexibility index (Phi) is 7.60. The van der Waals surface area contributed by atoms with Gasteiger partial charge in [-0.15, -0.1) is 0 Å². The van der Waals surface area contributed by atoms with Crippen LogP contribution >= 0.6 is 15.9 Å². The van der Waals surface area contributed by atoms with Crippen molar-refractivity contribution in [3.63, 3.8) is 0 Å². The number of ether oxygens (including phenoxy) is 2. The molecule has 0 heterocycles. The average Bonchev–Trinajstić information content (AvgIpc) is 2.48. The van der Waals surface area contributed by atoms with Crippen LogP contribution in [0, 0.1) is 5.92 Å². The molecule has 0 aliphatic heterocycles. The summed E-state index contributed by atoms with van der Waals surface area (Å²) in [6, 6.07) is 5.84. The third kappa shape index (κ3) is 7.69.